The summed E-state index contributed by atoms with van der Waals surface area (Å²) in [6, 6.07) is 2.43. The molecule has 1 aromatic carbocycles. The molecule has 21 heavy (non-hydrogen) atoms. The van der Waals surface area contributed by atoms with Gasteiger partial charge in [-0.15, -0.1) is 0 Å². The molecule has 7 heteroatoms. The molecule has 0 spiro atoms. The molecule has 2 saturated heterocycles. The number of nitrogens with zero attached hydrogens (tertiary/aromatic N) is 1. The fourth-order valence-corrected chi connectivity index (χ4v) is 5.52. The molecule has 0 bridgehead atoms. The summed E-state index contributed by atoms with van der Waals surface area (Å²) in [7, 11) is -3.91. The average molecular weight is 316 g/mol. The van der Waals surface area contributed by atoms with E-state index in [1.165, 1.54) is 4.31 Å². The Kier molecular flexibility index (Phi) is 3.35. The van der Waals surface area contributed by atoms with E-state index >= 15 is 0 Å². The Bertz CT molecular complexity index is 655. The van der Waals surface area contributed by atoms with Gasteiger partial charge < -0.3 is 5.32 Å². The molecule has 2 fully saturated rings. The van der Waals surface area contributed by atoms with Crippen LogP contribution in [0.25, 0.3) is 0 Å². The molecule has 2 atom stereocenters. The smallest absolute Gasteiger partial charge is 0.243 e. The van der Waals surface area contributed by atoms with Gasteiger partial charge in [-0.25, -0.2) is 17.2 Å². The molecule has 1 aromatic rings. The predicted octanol–water partition coefficient (Wildman–Crippen LogP) is 1.58. The lowest BCUT2D eigenvalue weighted by atomic mass is 9.85. The largest absolute Gasteiger partial charge is 0.316 e. The lowest BCUT2D eigenvalue weighted by Gasteiger charge is -2.34. The van der Waals surface area contributed by atoms with Crippen molar-refractivity contribution in [3.63, 3.8) is 0 Å². The first kappa shape index (κ1) is 14.9. The third-order valence-electron chi connectivity index (χ3n) is 4.71. The Labute approximate surface area is 123 Å². The van der Waals surface area contributed by atoms with Crippen molar-refractivity contribution in [3.8, 4) is 0 Å². The topological polar surface area (TPSA) is 49.4 Å². The van der Waals surface area contributed by atoms with Crippen molar-refractivity contribution in [2.75, 3.05) is 19.6 Å². The van der Waals surface area contributed by atoms with Crippen molar-refractivity contribution >= 4 is 10.0 Å². The molecule has 1 N–H and O–H groups in total. The van der Waals surface area contributed by atoms with E-state index in [9.17, 15) is 17.2 Å². The van der Waals surface area contributed by atoms with Crippen LogP contribution in [0.2, 0.25) is 0 Å². The summed E-state index contributed by atoms with van der Waals surface area (Å²) in [6.45, 7) is 5.67. The minimum absolute atomic E-state index is 0.214. The van der Waals surface area contributed by atoms with Gasteiger partial charge in [-0.2, -0.15) is 4.31 Å². The van der Waals surface area contributed by atoms with E-state index in [0.29, 0.717) is 12.6 Å². The number of hydrogen-bond acceptors (Lipinski definition) is 3. The monoisotopic (exact) mass is 316 g/mol. The normalized spacial score (nSPS) is 28.8. The summed E-state index contributed by atoms with van der Waals surface area (Å²) in [4.78, 5) is -0.319. The van der Waals surface area contributed by atoms with Crippen LogP contribution in [0.15, 0.2) is 23.1 Å². The van der Waals surface area contributed by atoms with E-state index in [1.807, 2.05) is 13.8 Å². The van der Waals surface area contributed by atoms with Gasteiger partial charge in [0.1, 0.15) is 11.6 Å². The summed E-state index contributed by atoms with van der Waals surface area (Å²) in [5.41, 5.74) is -0.574. The van der Waals surface area contributed by atoms with Crippen molar-refractivity contribution in [1.29, 1.82) is 0 Å². The minimum atomic E-state index is -3.91. The Morgan fingerprint density at radius 1 is 1.19 bits per heavy atom. The van der Waals surface area contributed by atoms with Crippen LogP contribution < -0.4 is 5.32 Å². The van der Waals surface area contributed by atoms with E-state index in [2.05, 4.69) is 5.32 Å². The quantitative estimate of drug-likeness (QED) is 0.901. The minimum Gasteiger partial charge on any atom is -0.316 e. The molecule has 2 aliphatic rings. The highest BCUT2D eigenvalue weighted by Gasteiger charge is 2.54. The van der Waals surface area contributed by atoms with Crippen molar-refractivity contribution in [2.24, 2.45) is 11.8 Å². The lowest BCUT2D eigenvalue weighted by Crippen LogP contribution is -2.47. The maximum Gasteiger partial charge on any atom is 0.243 e. The van der Waals surface area contributed by atoms with Gasteiger partial charge in [-0.05, 0) is 44.4 Å². The second-order valence-corrected chi connectivity index (χ2v) is 8.18. The van der Waals surface area contributed by atoms with E-state index in [4.69, 9.17) is 0 Å². The SMILES string of the molecule is CC1(C)C2CNCC2CN1S(=O)(=O)c1cc(F)cc(F)c1. The third kappa shape index (κ3) is 2.27. The number of benzene rings is 1. The van der Waals surface area contributed by atoms with Crippen LogP contribution in [0.3, 0.4) is 0 Å². The Balaban J connectivity index is 2.02. The highest BCUT2D eigenvalue weighted by Crippen LogP contribution is 2.43. The predicted molar refractivity (Wildman–Crippen MR) is 74.2 cm³/mol. The van der Waals surface area contributed by atoms with Gasteiger partial charge in [-0.3, -0.25) is 0 Å². The molecular weight excluding hydrogens is 298 g/mol. The summed E-state index contributed by atoms with van der Waals surface area (Å²) in [5, 5.41) is 3.27. The fraction of sp³-hybridized carbons (Fsp3) is 0.571. The second-order valence-electron chi connectivity index (χ2n) is 6.32. The fourth-order valence-electron chi connectivity index (χ4n) is 3.60. The van der Waals surface area contributed by atoms with E-state index in [1.54, 1.807) is 0 Å². The van der Waals surface area contributed by atoms with Gasteiger partial charge in [0, 0.05) is 24.7 Å². The van der Waals surface area contributed by atoms with Gasteiger partial charge in [0.2, 0.25) is 10.0 Å². The van der Waals surface area contributed by atoms with Crippen LogP contribution in [-0.4, -0.2) is 37.9 Å². The Hall–Kier alpha value is -1.05. The summed E-state index contributed by atoms with van der Waals surface area (Å²) < 4.78 is 53.6. The van der Waals surface area contributed by atoms with E-state index < -0.39 is 27.2 Å². The molecule has 116 valence electrons. The van der Waals surface area contributed by atoms with Gasteiger partial charge in [0.15, 0.2) is 0 Å². The second kappa shape index (κ2) is 4.72. The standard InChI is InChI=1S/C14H18F2N2O2S/c1-14(2)13-7-17-6-9(13)8-18(14)21(19,20)12-4-10(15)3-11(16)5-12/h3-5,9,13,17H,6-8H2,1-2H3. The third-order valence-corrected chi connectivity index (χ3v) is 6.75. The average Bonchev–Trinajstić information content (AvgIpc) is 2.91. The highest BCUT2D eigenvalue weighted by atomic mass is 32.2. The van der Waals surface area contributed by atoms with E-state index in [0.717, 1.165) is 25.2 Å². The van der Waals surface area contributed by atoms with Crippen molar-refractivity contribution < 1.29 is 17.2 Å². The van der Waals surface area contributed by atoms with Crippen LogP contribution in [0.1, 0.15) is 13.8 Å². The van der Waals surface area contributed by atoms with Crippen LogP contribution in [0.5, 0.6) is 0 Å². The van der Waals surface area contributed by atoms with Gasteiger partial charge >= 0.3 is 0 Å². The van der Waals surface area contributed by atoms with Crippen molar-refractivity contribution in [1.82, 2.24) is 9.62 Å². The van der Waals surface area contributed by atoms with E-state index in [-0.39, 0.29) is 16.7 Å². The molecule has 3 rings (SSSR count). The zero-order valence-electron chi connectivity index (χ0n) is 11.9. The zero-order chi connectivity index (χ0) is 15.4. The molecule has 0 saturated carbocycles. The van der Waals surface area contributed by atoms with Gasteiger partial charge in [0.25, 0.3) is 0 Å². The van der Waals surface area contributed by atoms with Crippen LogP contribution in [-0.2, 0) is 10.0 Å². The number of sulfonamides is 1. The maximum atomic E-state index is 13.3. The molecule has 2 unspecified atom stereocenters. The number of hydrogen-bond donors (Lipinski definition) is 1. The molecule has 0 aromatic heterocycles. The van der Waals surface area contributed by atoms with Crippen LogP contribution >= 0.6 is 0 Å². The Morgan fingerprint density at radius 3 is 2.38 bits per heavy atom. The molecule has 2 aliphatic heterocycles. The molecule has 4 nitrogen and oxygen atoms in total. The summed E-state index contributed by atoms with van der Waals surface area (Å²) in [5.74, 6) is -1.31. The number of fused-ring (bicyclic) bond motifs is 1. The highest BCUT2D eigenvalue weighted by molar-refractivity contribution is 7.89. The number of rotatable bonds is 2. The molecule has 2 heterocycles. The Morgan fingerprint density at radius 2 is 1.81 bits per heavy atom. The summed E-state index contributed by atoms with van der Waals surface area (Å²) in [6.07, 6.45) is 0. The van der Waals surface area contributed by atoms with Crippen molar-refractivity contribution in [3.05, 3.63) is 29.8 Å². The molecule has 0 radical (unpaired) electrons. The first-order valence-electron chi connectivity index (χ1n) is 6.92. The molecule has 0 aliphatic carbocycles. The van der Waals surface area contributed by atoms with Crippen LogP contribution in [0.4, 0.5) is 8.78 Å². The number of nitrogens with one attached hydrogen (secondary N) is 1. The van der Waals surface area contributed by atoms with Crippen molar-refractivity contribution in [2.45, 2.75) is 24.3 Å². The van der Waals surface area contributed by atoms with Crippen LogP contribution in [0, 0.1) is 23.5 Å². The van der Waals surface area contributed by atoms with Gasteiger partial charge in [-0.1, -0.05) is 0 Å². The lowest BCUT2D eigenvalue weighted by molar-refractivity contribution is 0.233. The number of halogens is 2. The first-order valence-corrected chi connectivity index (χ1v) is 8.36. The first-order chi connectivity index (χ1) is 9.73. The zero-order valence-corrected chi connectivity index (χ0v) is 12.8. The maximum absolute atomic E-state index is 13.3. The molecule has 0 amide bonds. The summed E-state index contributed by atoms with van der Waals surface area (Å²) >= 11 is 0. The molecular formula is C14H18F2N2O2S. The van der Waals surface area contributed by atoms with Gasteiger partial charge in [0.05, 0.1) is 4.90 Å².